The van der Waals surface area contributed by atoms with Gasteiger partial charge in [0.1, 0.15) is 16.3 Å². The van der Waals surface area contributed by atoms with Crippen LogP contribution in [0.2, 0.25) is 0 Å². The highest BCUT2D eigenvalue weighted by atomic mass is 32.1. The lowest BCUT2D eigenvalue weighted by Crippen LogP contribution is -2.05. The van der Waals surface area contributed by atoms with Crippen LogP contribution in [0.4, 0.5) is 0 Å². The largest absolute Gasteiger partial charge is 0.506 e. The Hall–Kier alpha value is -3.24. The standard InChI is InChI=1S/C22H15NO2S/c24-20(15-9-3-1-4-10-15)19(21(25)16-11-5-2-6-12-16)22-23-17-13-7-8-14-18(17)26-22/h1-14,24H/b20-19+. The maximum Gasteiger partial charge on any atom is 0.199 e. The Morgan fingerprint density at radius 3 is 2.00 bits per heavy atom. The maximum atomic E-state index is 13.2. The summed E-state index contributed by atoms with van der Waals surface area (Å²) in [6.07, 6.45) is 0. The number of aromatic nitrogens is 1. The molecule has 0 unspecified atom stereocenters. The molecule has 4 rings (SSSR count). The molecule has 0 saturated heterocycles. The molecule has 0 aliphatic rings. The van der Waals surface area contributed by atoms with Crippen LogP contribution in [0.25, 0.3) is 21.5 Å². The molecule has 1 aromatic heterocycles. The molecule has 4 heteroatoms. The lowest BCUT2D eigenvalue weighted by Gasteiger charge is -2.08. The van der Waals surface area contributed by atoms with Crippen LogP contribution in [-0.4, -0.2) is 15.9 Å². The van der Waals surface area contributed by atoms with Gasteiger partial charge in [-0.3, -0.25) is 4.79 Å². The van der Waals surface area contributed by atoms with Crippen molar-refractivity contribution in [3.63, 3.8) is 0 Å². The van der Waals surface area contributed by atoms with E-state index in [0.29, 0.717) is 16.1 Å². The van der Waals surface area contributed by atoms with Crippen LogP contribution >= 0.6 is 11.3 Å². The minimum atomic E-state index is -0.244. The molecule has 0 spiro atoms. The summed E-state index contributed by atoms with van der Waals surface area (Å²) in [4.78, 5) is 17.8. The predicted molar refractivity (Wildman–Crippen MR) is 106 cm³/mol. The van der Waals surface area contributed by atoms with E-state index in [1.165, 1.54) is 11.3 Å². The fourth-order valence-corrected chi connectivity index (χ4v) is 3.77. The number of para-hydroxylation sites is 1. The molecule has 0 amide bonds. The van der Waals surface area contributed by atoms with Crippen molar-refractivity contribution in [2.75, 3.05) is 0 Å². The number of thiazole rings is 1. The second-order valence-electron chi connectivity index (χ2n) is 5.77. The zero-order chi connectivity index (χ0) is 17.9. The molecule has 0 aliphatic heterocycles. The number of allylic oxidation sites excluding steroid dienone is 1. The van der Waals surface area contributed by atoms with Gasteiger partial charge in [-0.25, -0.2) is 4.98 Å². The third-order valence-electron chi connectivity index (χ3n) is 4.05. The van der Waals surface area contributed by atoms with Crippen LogP contribution in [0, 0.1) is 0 Å². The molecule has 4 aromatic rings. The molecule has 26 heavy (non-hydrogen) atoms. The Morgan fingerprint density at radius 1 is 0.769 bits per heavy atom. The van der Waals surface area contributed by atoms with Crippen LogP contribution in [0.1, 0.15) is 20.9 Å². The predicted octanol–water partition coefficient (Wildman–Crippen LogP) is 5.61. The normalized spacial score (nSPS) is 12.0. The Balaban J connectivity index is 1.93. The lowest BCUT2D eigenvalue weighted by atomic mass is 10.00. The Bertz CT molecular complexity index is 1070. The molecule has 3 aromatic carbocycles. The van der Waals surface area contributed by atoms with Crippen molar-refractivity contribution in [3.8, 4) is 0 Å². The van der Waals surface area contributed by atoms with Gasteiger partial charge in [-0.2, -0.15) is 0 Å². The molecular weight excluding hydrogens is 342 g/mol. The molecule has 1 N–H and O–H groups in total. The quantitative estimate of drug-likeness (QED) is 0.294. The number of hydrogen-bond acceptors (Lipinski definition) is 4. The number of rotatable bonds is 4. The molecule has 126 valence electrons. The first-order valence-corrected chi connectivity index (χ1v) is 9.00. The van der Waals surface area contributed by atoms with Crippen molar-refractivity contribution >= 4 is 38.7 Å². The first-order valence-electron chi connectivity index (χ1n) is 8.18. The average molecular weight is 357 g/mol. The highest BCUT2D eigenvalue weighted by molar-refractivity contribution is 7.20. The third-order valence-corrected chi connectivity index (χ3v) is 5.11. The van der Waals surface area contributed by atoms with E-state index in [-0.39, 0.29) is 17.1 Å². The van der Waals surface area contributed by atoms with Crippen LogP contribution in [0.5, 0.6) is 0 Å². The number of benzene rings is 3. The lowest BCUT2D eigenvalue weighted by molar-refractivity contribution is 0.105. The van der Waals surface area contributed by atoms with Crippen molar-refractivity contribution in [3.05, 3.63) is 101 Å². The number of hydrogen-bond donors (Lipinski definition) is 1. The first kappa shape index (κ1) is 16.2. The topological polar surface area (TPSA) is 50.2 Å². The monoisotopic (exact) mass is 357 g/mol. The third kappa shape index (κ3) is 3.03. The SMILES string of the molecule is O=C(/C(=C(\O)c1ccccc1)c1nc2ccccc2s1)c1ccccc1. The summed E-state index contributed by atoms with van der Waals surface area (Å²) in [5.74, 6) is -0.301. The number of aliphatic hydroxyl groups excluding tert-OH is 1. The molecule has 0 saturated carbocycles. The highest BCUT2D eigenvalue weighted by Crippen LogP contribution is 2.33. The van der Waals surface area contributed by atoms with E-state index in [4.69, 9.17) is 0 Å². The molecule has 3 nitrogen and oxygen atoms in total. The van der Waals surface area contributed by atoms with E-state index in [0.717, 1.165) is 10.2 Å². The zero-order valence-corrected chi connectivity index (χ0v) is 14.6. The molecule has 0 bridgehead atoms. The van der Waals surface area contributed by atoms with Gasteiger partial charge in [0.2, 0.25) is 0 Å². The van der Waals surface area contributed by atoms with E-state index in [1.807, 2.05) is 60.7 Å². The van der Waals surface area contributed by atoms with Gasteiger partial charge < -0.3 is 5.11 Å². The number of fused-ring (bicyclic) bond motifs is 1. The average Bonchev–Trinajstić information content (AvgIpc) is 3.13. The summed E-state index contributed by atoms with van der Waals surface area (Å²) >= 11 is 1.40. The highest BCUT2D eigenvalue weighted by Gasteiger charge is 2.23. The molecule has 0 radical (unpaired) electrons. The first-order chi connectivity index (χ1) is 12.7. The summed E-state index contributed by atoms with van der Waals surface area (Å²) in [6.45, 7) is 0. The summed E-state index contributed by atoms with van der Waals surface area (Å²) in [5.41, 5.74) is 2.14. The van der Waals surface area contributed by atoms with E-state index >= 15 is 0 Å². The van der Waals surface area contributed by atoms with Crippen LogP contribution < -0.4 is 0 Å². The summed E-state index contributed by atoms with van der Waals surface area (Å²) in [6, 6.07) is 25.7. The molecular formula is C22H15NO2S. The van der Waals surface area contributed by atoms with Crippen molar-refractivity contribution in [2.45, 2.75) is 0 Å². The van der Waals surface area contributed by atoms with Gasteiger partial charge in [0.05, 0.1) is 10.2 Å². The second kappa shape index (κ2) is 6.94. The number of Topliss-reactive ketones (excluding diaryl/α,β-unsaturated/α-hetero) is 1. The van der Waals surface area contributed by atoms with Gasteiger partial charge in [0.15, 0.2) is 5.78 Å². The molecule has 1 heterocycles. The number of nitrogens with zero attached hydrogens (tertiary/aromatic N) is 1. The molecule has 0 atom stereocenters. The minimum Gasteiger partial charge on any atom is -0.506 e. The maximum absolute atomic E-state index is 13.2. The fourth-order valence-electron chi connectivity index (χ4n) is 2.76. The van der Waals surface area contributed by atoms with Crippen molar-refractivity contribution < 1.29 is 9.90 Å². The smallest absolute Gasteiger partial charge is 0.199 e. The Labute approximate surface area is 154 Å². The molecule has 0 fully saturated rings. The summed E-state index contributed by atoms with van der Waals surface area (Å²) < 4.78 is 0.974. The van der Waals surface area contributed by atoms with Gasteiger partial charge in [0.25, 0.3) is 0 Å². The Morgan fingerprint density at radius 2 is 1.35 bits per heavy atom. The van der Waals surface area contributed by atoms with Crippen molar-refractivity contribution in [1.82, 2.24) is 4.98 Å². The number of carbonyl (C=O) groups excluding carboxylic acids is 1. The van der Waals surface area contributed by atoms with Gasteiger partial charge >= 0.3 is 0 Å². The minimum absolute atomic E-state index is 0.0569. The second-order valence-corrected chi connectivity index (χ2v) is 6.80. The van der Waals surface area contributed by atoms with E-state index in [1.54, 1.807) is 24.3 Å². The van der Waals surface area contributed by atoms with E-state index < -0.39 is 0 Å². The van der Waals surface area contributed by atoms with Gasteiger partial charge in [-0.15, -0.1) is 11.3 Å². The molecule has 0 aliphatic carbocycles. The number of carbonyl (C=O) groups is 1. The summed E-state index contributed by atoms with van der Waals surface area (Å²) in [5, 5.41) is 11.4. The number of aliphatic hydroxyl groups is 1. The van der Waals surface area contributed by atoms with Crippen LogP contribution in [0.15, 0.2) is 84.9 Å². The van der Waals surface area contributed by atoms with Crippen molar-refractivity contribution in [1.29, 1.82) is 0 Å². The zero-order valence-electron chi connectivity index (χ0n) is 13.8. The van der Waals surface area contributed by atoms with E-state index in [9.17, 15) is 9.90 Å². The van der Waals surface area contributed by atoms with Crippen molar-refractivity contribution in [2.24, 2.45) is 0 Å². The van der Waals surface area contributed by atoms with Gasteiger partial charge in [-0.1, -0.05) is 72.8 Å². The number of ketones is 1. The van der Waals surface area contributed by atoms with Gasteiger partial charge in [0, 0.05) is 11.1 Å². The summed E-state index contributed by atoms with van der Waals surface area (Å²) in [7, 11) is 0. The van der Waals surface area contributed by atoms with Crippen LogP contribution in [-0.2, 0) is 0 Å². The van der Waals surface area contributed by atoms with Gasteiger partial charge in [-0.05, 0) is 12.1 Å². The van der Waals surface area contributed by atoms with E-state index in [2.05, 4.69) is 4.98 Å². The fraction of sp³-hybridized carbons (Fsp3) is 0. The Kier molecular flexibility index (Phi) is 4.33. The van der Waals surface area contributed by atoms with Crippen LogP contribution in [0.3, 0.4) is 0 Å².